The Balaban J connectivity index is 1.71. The molecule has 1 aromatic heterocycles. The summed E-state index contributed by atoms with van der Waals surface area (Å²) in [5.74, 6) is 0.545. The van der Waals surface area contributed by atoms with E-state index in [2.05, 4.69) is 4.98 Å². The van der Waals surface area contributed by atoms with E-state index in [1.165, 1.54) is 0 Å². The maximum absolute atomic E-state index is 11.8. The molecule has 140 valence electrons. The van der Waals surface area contributed by atoms with E-state index in [0.29, 0.717) is 32.3 Å². The molecule has 5 nitrogen and oxygen atoms in total. The summed E-state index contributed by atoms with van der Waals surface area (Å²) >= 11 is 0. The van der Waals surface area contributed by atoms with Crippen molar-refractivity contribution in [3.63, 3.8) is 0 Å². The Morgan fingerprint density at radius 2 is 1.77 bits per heavy atom. The Morgan fingerprint density at radius 1 is 1.00 bits per heavy atom. The van der Waals surface area contributed by atoms with E-state index < -0.39 is 6.67 Å². The zero-order valence-electron chi connectivity index (χ0n) is 15.0. The van der Waals surface area contributed by atoms with Gasteiger partial charge in [0.1, 0.15) is 13.3 Å². The van der Waals surface area contributed by atoms with Crippen LogP contribution in [0.4, 0.5) is 10.1 Å². The molecule has 26 heavy (non-hydrogen) atoms. The van der Waals surface area contributed by atoms with Crippen LogP contribution in [0.1, 0.15) is 16.7 Å². The van der Waals surface area contributed by atoms with Crippen LogP contribution in [0.15, 0.2) is 36.5 Å². The predicted octanol–water partition coefficient (Wildman–Crippen LogP) is 3.52. The predicted molar refractivity (Wildman–Crippen MR) is 102 cm³/mol. The second-order valence-corrected chi connectivity index (χ2v) is 5.64. The van der Waals surface area contributed by atoms with E-state index in [0.717, 1.165) is 22.4 Å². The van der Waals surface area contributed by atoms with Gasteiger partial charge in [-0.1, -0.05) is 18.2 Å². The highest BCUT2D eigenvalue weighted by molar-refractivity contribution is 5.71. The molecule has 0 spiro atoms. The van der Waals surface area contributed by atoms with Gasteiger partial charge >= 0.3 is 0 Å². The van der Waals surface area contributed by atoms with E-state index in [-0.39, 0.29) is 6.61 Å². The smallest absolute Gasteiger partial charge is 0.213 e. The maximum Gasteiger partial charge on any atom is 0.213 e. The number of rotatable bonds is 11. The number of alkyl halides is 1. The standard InChI is InChI=1S/C20H25FN2O3/c1-16-14-19(22)6-5-18(16)4-2-17-3-7-20(23-15-17)26-13-12-25-11-10-24-9-8-21/h2-7,14-15H,8-13,22H2,1H3/b4-2+. The number of halogens is 1. The topological polar surface area (TPSA) is 66.6 Å². The number of benzene rings is 1. The zero-order valence-corrected chi connectivity index (χ0v) is 15.0. The molecule has 0 aliphatic carbocycles. The van der Waals surface area contributed by atoms with Crippen LogP contribution >= 0.6 is 0 Å². The zero-order chi connectivity index (χ0) is 18.6. The van der Waals surface area contributed by atoms with Crippen molar-refractivity contribution in [1.29, 1.82) is 0 Å². The summed E-state index contributed by atoms with van der Waals surface area (Å²) in [5.41, 5.74) is 9.75. The van der Waals surface area contributed by atoms with E-state index >= 15 is 0 Å². The summed E-state index contributed by atoms with van der Waals surface area (Å²) < 4.78 is 27.6. The maximum atomic E-state index is 11.8. The Kier molecular flexibility index (Phi) is 8.59. The number of anilines is 1. The molecule has 0 unspecified atom stereocenters. The molecule has 6 heteroatoms. The minimum absolute atomic E-state index is 0.114. The van der Waals surface area contributed by atoms with Crippen LogP contribution in [0, 0.1) is 6.92 Å². The summed E-state index contributed by atoms with van der Waals surface area (Å²) in [6.45, 7) is 3.30. The van der Waals surface area contributed by atoms with Crippen LogP contribution in [0.25, 0.3) is 12.2 Å². The Bertz CT molecular complexity index is 690. The fourth-order valence-corrected chi connectivity index (χ4v) is 2.23. The number of nitrogen functional groups attached to an aromatic ring is 1. The largest absolute Gasteiger partial charge is 0.475 e. The minimum atomic E-state index is -0.473. The first-order chi connectivity index (χ1) is 12.7. The van der Waals surface area contributed by atoms with Crippen molar-refractivity contribution < 1.29 is 18.6 Å². The van der Waals surface area contributed by atoms with E-state index in [9.17, 15) is 4.39 Å². The molecule has 2 rings (SSSR count). The van der Waals surface area contributed by atoms with Crippen LogP contribution in [-0.2, 0) is 9.47 Å². The molecule has 0 fully saturated rings. The van der Waals surface area contributed by atoms with Gasteiger partial charge in [-0.15, -0.1) is 0 Å². The highest BCUT2D eigenvalue weighted by atomic mass is 19.1. The molecule has 0 atom stereocenters. The van der Waals surface area contributed by atoms with Crippen molar-refractivity contribution in [2.45, 2.75) is 6.92 Å². The number of nitrogens with two attached hydrogens (primary N) is 1. The number of ether oxygens (including phenoxy) is 3. The molecule has 0 aliphatic rings. The highest BCUT2D eigenvalue weighted by Crippen LogP contribution is 2.16. The number of aromatic nitrogens is 1. The lowest BCUT2D eigenvalue weighted by molar-refractivity contribution is 0.0320. The van der Waals surface area contributed by atoms with Crippen LogP contribution in [0.3, 0.4) is 0 Å². The van der Waals surface area contributed by atoms with Gasteiger partial charge in [0.2, 0.25) is 5.88 Å². The third-order valence-electron chi connectivity index (χ3n) is 3.58. The molecule has 0 saturated carbocycles. The van der Waals surface area contributed by atoms with E-state index in [1.807, 2.05) is 49.4 Å². The number of hydrogen-bond donors (Lipinski definition) is 1. The molecule has 0 aliphatic heterocycles. The first-order valence-corrected chi connectivity index (χ1v) is 8.53. The SMILES string of the molecule is Cc1cc(N)ccc1/C=C/c1ccc(OCCOCCOCCF)nc1. The second-order valence-electron chi connectivity index (χ2n) is 5.64. The summed E-state index contributed by atoms with van der Waals surface area (Å²) in [6, 6.07) is 9.59. The molecule has 0 radical (unpaired) electrons. The molecular weight excluding hydrogens is 335 g/mol. The third-order valence-corrected chi connectivity index (χ3v) is 3.58. The first-order valence-electron chi connectivity index (χ1n) is 8.53. The van der Waals surface area contributed by atoms with Crippen molar-refractivity contribution in [2.75, 3.05) is 45.4 Å². The van der Waals surface area contributed by atoms with Crippen molar-refractivity contribution in [1.82, 2.24) is 4.98 Å². The molecule has 0 amide bonds. The van der Waals surface area contributed by atoms with Gasteiger partial charge in [0.05, 0.1) is 26.4 Å². The Hall–Kier alpha value is -2.44. The highest BCUT2D eigenvalue weighted by Gasteiger charge is 1.98. The van der Waals surface area contributed by atoms with Crippen LogP contribution in [0.2, 0.25) is 0 Å². The minimum Gasteiger partial charge on any atom is -0.475 e. The quantitative estimate of drug-likeness (QED) is 0.490. The van der Waals surface area contributed by atoms with Gasteiger partial charge in [0, 0.05) is 18.0 Å². The molecule has 0 bridgehead atoms. The fraction of sp³-hybridized carbons (Fsp3) is 0.350. The molecule has 1 heterocycles. The van der Waals surface area contributed by atoms with Gasteiger partial charge in [-0.3, -0.25) is 0 Å². The fourth-order valence-electron chi connectivity index (χ4n) is 2.23. The van der Waals surface area contributed by atoms with Crippen molar-refractivity contribution in [2.24, 2.45) is 0 Å². The first kappa shape index (κ1) is 19.9. The summed E-state index contributed by atoms with van der Waals surface area (Å²) in [5, 5.41) is 0. The lowest BCUT2D eigenvalue weighted by Crippen LogP contribution is -2.11. The lowest BCUT2D eigenvalue weighted by atomic mass is 10.1. The molecule has 2 N–H and O–H groups in total. The number of aryl methyl sites for hydroxylation is 1. The average molecular weight is 360 g/mol. The van der Waals surface area contributed by atoms with Gasteiger partial charge in [0.15, 0.2) is 0 Å². The van der Waals surface area contributed by atoms with E-state index in [1.54, 1.807) is 6.20 Å². The molecule has 1 aromatic carbocycles. The van der Waals surface area contributed by atoms with Gasteiger partial charge in [-0.25, -0.2) is 9.37 Å². The van der Waals surface area contributed by atoms with Gasteiger partial charge < -0.3 is 19.9 Å². The number of nitrogens with zero attached hydrogens (tertiary/aromatic N) is 1. The monoisotopic (exact) mass is 360 g/mol. The molecular formula is C20H25FN2O3. The number of pyridine rings is 1. The van der Waals surface area contributed by atoms with Crippen LogP contribution < -0.4 is 10.5 Å². The van der Waals surface area contributed by atoms with Crippen molar-refractivity contribution in [3.8, 4) is 5.88 Å². The van der Waals surface area contributed by atoms with Crippen molar-refractivity contribution in [3.05, 3.63) is 53.2 Å². The van der Waals surface area contributed by atoms with Gasteiger partial charge in [0.25, 0.3) is 0 Å². The Labute approximate surface area is 153 Å². The van der Waals surface area contributed by atoms with Gasteiger partial charge in [-0.2, -0.15) is 0 Å². The third kappa shape index (κ3) is 7.21. The van der Waals surface area contributed by atoms with Crippen molar-refractivity contribution >= 4 is 17.8 Å². The normalized spacial score (nSPS) is 11.2. The lowest BCUT2D eigenvalue weighted by Gasteiger charge is -2.07. The summed E-state index contributed by atoms with van der Waals surface area (Å²) in [7, 11) is 0. The second kappa shape index (κ2) is 11.2. The number of hydrogen-bond acceptors (Lipinski definition) is 5. The van der Waals surface area contributed by atoms with Crippen LogP contribution in [0.5, 0.6) is 5.88 Å². The molecule has 2 aromatic rings. The average Bonchev–Trinajstić information content (AvgIpc) is 2.64. The van der Waals surface area contributed by atoms with Gasteiger partial charge in [-0.05, 0) is 41.8 Å². The van der Waals surface area contributed by atoms with E-state index in [4.69, 9.17) is 19.9 Å². The van der Waals surface area contributed by atoms with Crippen LogP contribution in [-0.4, -0.2) is 44.7 Å². The summed E-state index contributed by atoms with van der Waals surface area (Å²) in [6.07, 6.45) is 5.78. The summed E-state index contributed by atoms with van der Waals surface area (Å²) in [4.78, 5) is 4.27. The Morgan fingerprint density at radius 3 is 2.46 bits per heavy atom. The molecule has 0 saturated heterocycles.